The molecule has 0 spiro atoms. The van der Waals surface area contributed by atoms with Crippen molar-refractivity contribution >= 4 is 11.9 Å². The zero-order valence-electron chi connectivity index (χ0n) is 16.4. The Morgan fingerprint density at radius 1 is 0.926 bits per heavy atom. The fourth-order valence-corrected chi connectivity index (χ4v) is 2.33. The molecule has 0 aliphatic carbocycles. The molecule has 0 radical (unpaired) electrons. The van der Waals surface area contributed by atoms with Crippen molar-refractivity contribution in [1.29, 1.82) is 0 Å². The Morgan fingerprint density at radius 3 is 2.07 bits per heavy atom. The molecule has 0 aromatic carbocycles. The van der Waals surface area contributed by atoms with Gasteiger partial charge in [0.2, 0.25) is 0 Å². The number of rotatable bonds is 18. The van der Waals surface area contributed by atoms with Crippen LogP contribution >= 0.6 is 0 Å². The molecule has 1 unspecified atom stereocenters. The van der Waals surface area contributed by atoms with Crippen LogP contribution in [0, 0.1) is 10.1 Å². The topological polar surface area (TPSA) is 131 Å². The van der Waals surface area contributed by atoms with Gasteiger partial charge in [0, 0.05) is 6.42 Å². The first-order valence-electron chi connectivity index (χ1n) is 9.82. The van der Waals surface area contributed by atoms with Gasteiger partial charge in [0.05, 0.1) is 19.8 Å². The van der Waals surface area contributed by atoms with E-state index < -0.39 is 23.1 Å². The molecule has 1 atom stereocenters. The Balaban J connectivity index is 3.53. The molecule has 9 heteroatoms. The van der Waals surface area contributed by atoms with E-state index in [-0.39, 0.29) is 26.1 Å². The van der Waals surface area contributed by atoms with Gasteiger partial charge in [0.15, 0.2) is 0 Å². The van der Waals surface area contributed by atoms with Crippen LogP contribution in [0.1, 0.15) is 77.6 Å². The first kappa shape index (κ1) is 25.1. The molecule has 2 N–H and O–H groups in total. The summed E-state index contributed by atoms with van der Waals surface area (Å²) in [5.74, 6) is -0.871. The zero-order valence-corrected chi connectivity index (χ0v) is 16.4. The minimum atomic E-state index is -0.810. The van der Waals surface area contributed by atoms with Crippen molar-refractivity contribution < 1.29 is 29.0 Å². The number of nitrogens with zero attached hydrogens (tertiary/aromatic N) is 1. The number of esters is 2. The van der Waals surface area contributed by atoms with E-state index in [0.29, 0.717) is 19.4 Å². The lowest BCUT2D eigenvalue weighted by molar-refractivity contribution is -0.757. The number of carbonyl (C=O) groups excluding carboxylic acids is 2. The standard InChI is InChI=1S/C18H34N2O7/c1-2-3-4-5-9-14-26-18(22)16(19)11-12-17(21)25-13-8-6-7-10-15-27-20(23)24/h16H,2-15,19H2,1H3. The van der Waals surface area contributed by atoms with Gasteiger partial charge in [0.1, 0.15) is 6.04 Å². The highest BCUT2D eigenvalue weighted by molar-refractivity contribution is 5.77. The van der Waals surface area contributed by atoms with E-state index in [1.807, 2.05) is 0 Å². The predicted molar refractivity (Wildman–Crippen MR) is 99.3 cm³/mol. The molecule has 0 aliphatic heterocycles. The highest BCUT2D eigenvalue weighted by atomic mass is 16.9. The van der Waals surface area contributed by atoms with Crippen molar-refractivity contribution in [2.24, 2.45) is 5.73 Å². The van der Waals surface area contributed by atoms with Crippen LogP contribution in [-0.4, -0.2) is 42.9 Å². The second-order valence-corrected chi connectivity index (χ2v) is 6.42. The fraction of sp³-hybridized carbons (Fsp3) is 0.889. The van der Waals surface area contributed by atoms with Crippen molar-refractivity contribution in [3.8, 4) is 0 Å². The summed E-state index contributed by atoms with van der Waals surface area (Å²) >= 11 is 0. The Morgan fingerprint density at radius 2 is 1.48 bits per heavy atom. The van der Waals surface area contributed by atoms with Gasteiger partial charge in [-0.1, -0.05) is 39.0 Å². The Labute approximate surface area is 161 Å². The van der Waals surface area contributed by atoms with E-state index in [2.05, 4.69) is 11.8 Å². The zero-order chi connectivity index (χ0) is 20.3. The van der Waals surface area contributed by atoms with E-state index in [1.165, 1.54) is 12.8 Å². The smallest absolute Gasteiger partial charge is 0.322 e. The fourth-order valence-electron chi connectivity index (χ4n) is 2.33. The molecule has 0 aliphatic rings. The third-order valence-corrected chi connectivity index (χ3v) is 3.95. The van der Waals surface area contributed by atoms with Gasteiger partial charge in [0.25, 0.3) is 5.09 Å². The molecule has 0 rings (SSSR count). The van der Waals surface area contributed by atoms with Crippen molar-refractivity contribution in [2.75, 3.05) is 19.8 Å². The van der Waals surface area contributed by atoms with Crippen molar-refractivity contribution in [2.45, 2.75) is 83.6 Å². The summed E-state index contributed by atoms with van der Waals surface area (Å²) in [5, 5.41) is 9.14. The molecule has 0 bridgehead atoms. The maximum atomic E-state index is 11.7. The molecule has 27 heavy (non-hydrogen) atoms. The molecule has 0 aromatic heterocycles. The SMILES string of the molecule is CCCCCCCOC(=O)C(N)CCC(=O)OCCCCCCO[N+](=O)[O-]. The van der Waals surface area contributed by atoms with Gasteiger partial charge < -0.3 is 20.0 Å². The van der Waals surface area contributed by atoms with Gasteiger partial charge in [-0.2, -0.15) is 0 Å². The van der Waals surface area contributed by atoms with E-state index >= 15 is 0 Å². The Hall–Kier alpha value is -1.90. The summed E-state index contributed by atoms with van der Waals surface area (Å²) < 4.78 is 10.2. The second-order valence-electron chi connectivity index (χ2n) is 6.42. The molecule has 158 valence electrons. The molecule has 0 saturated heterocycles. The van der Waals surface area contributed by atoms with Crippen molar-refractivity contribution in [3.05, 3.63) is 10.1 Å². The average Bonchev–Trinajstić information content (AvgIpc) is 2.64. The Kier molecular flexibility index (Phi) is 16.3. The van der Waals surface area contributed by atoms with Crippen LogP contribution in [0.25, 0.3) is 0 Å². The largest absolute Gasteiger partial charge is 0.466 e. The highest BCUT2D eigenvalue weighted by Crippen LogP contribution is 2.05. The van der Waals surface area contributed by atoms with Gasteiger partial charge in [-0.15, -0.1) is 10.1 Å². The number of hydrogen-bond acceptors (Lipinski definition) is 8. The third kappa shape index (κ3) is 17.3. The van der Waals surface area contributed by atoms with Crippen LogP contribution in [0.15, 0.2) is 0 Å². The maximum absolute atomic E-state index is 11.7. The van der Waals surface area contributed by atoms with Crippen LogP contribution in [0.4, 0.5) is 0 Å². The van der Waals surface area contributed by atoms with Crippen LogP contribution in [0.3, 0.4) is 0 Å². The second kappa shape index (κ2) is 17.5. The van der Waals surface area contributed by atoms with E-state index in [9.17, 15) is 19.7 Å². The minimum Gasteiger partial charge on any atom is -0.466 e. The lowest BCUT2D eigenvalue weighted by atomic mass is 10.1. The van der Waals surface area contributed by atoms with E-state index in [4.69, 9.17) is 15.2 Å². The molecule has 0 fully saturated rings. The first-order valence-corrected chi connectivity index (χ1v) is 9.82. The van der Waals surface area contributed by atoms with Crippen LogP contribution in [0.5, 0.6) is 0 Å². The van der Waals surface area contributed by atoms with Crippen LogP contribution in [0.2, 0.25) is 0 Å². The van der Waals surface area contributed by atoms with Crippen LogP contribution in [-0.2, 0) is 23.9 Å². The quantitative estimate of drug-likeness (QED) is 0.163. The first-order chi connectivity index (χ1) is 13.0. The highest BCUT2D eigenvalue weighted by Gasteiger charge is 2.17. The van der Waals surface area contributed by atoms with Gasteiger partial charge in [-0.05, 0) is 32.1 Å². The number of hydrogen-bond donors (Lipinski definition) is 1. The molecule has 0 saturated carbocycles. The van der Waals surface area contributed by atoms with Gasteiger partial charge in [-0.3, -0.25) is 9.59 Å². The number of unbranched alkanes of at least 4 members (excludes halogenated alkanes) is 7. The van der Waals surface area contributed by atoms with E-state index in [0.717, 1.165) is 32.1 Å². The minimum absolute atomic E-state index is 0.0729. The predicted octanol–water partition coefficient (Wildman–Crippen LogP) is 2.92. The lowest BCUT2D eigenvalue weighted by Crippen LogP contribution is -2.33. The van der Waals surface area contributed by atoms with Crippen LogP contribution < -0.4 is 5.73 Å². The van der Waals surface area contributed by atoms with E-state index in [1.54, 1.807) is 0 Å². The number of ether oxygens (including phenoxy) is 2. The Bertz CT molecular complexity index is 419. The van der Waals surface area contributed by atoms with Gasteiger partial charge >= 0.3 is 11.9 Å². The molecular formula is C18H34N2O7. The molecule has 0 aromatic rings. The van der Waals surface area contributed by atoms with Crippen molar-refractivity contribution in [3.63, 3.8) is 0 Å². The summed E-state index contributed by atoms with van der Waals surface area (Å²) in [6.07, 6.45) is 8.45. The maximum Gasteiger partial charge on any atom is 0.322 e. The summed E-state index contributed by atoms with van der Waals surface area (Å²) in [6.45, 7) is 2.88. The number of carbonyl (C=O) groups is 2. The lowest BCUT2D eigenvalue weighted by Gasteiger charge is -2.11. The molecule has 0 heterocycles. The molecule has 9 nitrogen and oxygen atoms in total. The summed E-state index contributed by atoms with van der Waals surface area (Å²) in [4.78, 5) is 37.5. The summed E-state index contributed by atoms with van der Waals surface area (Å²) in [6, 6.07) is -0.810. The normalized spacial score (nSPS) is 11.6. The number of nitrogens with two attached hydrogens (primary N) is 1. The van der Waals surface area contributed by atoms with Gasteiger partial charge in [-0.25, -0.2) is 0 Å². The van der Waals surface area contributed by atoms with Crippen molar-refractivity contribution in [1.82, 2.24) is 0 Å². The average molecular weight is 390 g/mol. The summed E-state index contributed by atoms with van der Waals surface area (Å²) in [7, 11) is 0. The summed E-state index contributed by atoms with van der Waals surface area (Å²) in [5.41, 5.74) is 5.73. The monoisotopic (exact) mass is 390 g/mol. The molecular weight excluding hydrogens is 356 g/mol. The molecule has 0 amide bonds. The third-order valence-electron chi connectivity index (χ3n) is 3.95.